The number of aryl methyl sites for hydroxylation is 1. The van der Waals surface area contributed by atoms with Crippen LogP contribution in [0, 0.1) is 12.7 Å². The van der Waals surface area contributed by atoms with Crippen molar-refractivity contribution in [1.82, 2.24) is 14.8 Å². The fraction of sp³-hybridized carbons (Fsp3) is 0.367. The Morgan fingerprint density at radius 1 is 1.12 bits per heavy atom. The Balaban J connectivity index is 1.47. The Labute approximate surface area is 229 Å². The number of ether oxygens (including phenoxy) is 3. The highest BCUT2D eigenvalue weighted by atomic mass is 19.3. The van der Waals surface area contributed by atoms with Crippen molar-refractivity contribution in [3.8, 4) is 17.3 Å². The van der Waals surface area contributed by atoms with Gasteiger partial charge in [-0.2, -0.15) is 13.9 Å². The lowest BCUT2D eigenvalue weighted by atomic mass is 9.97. The number of pyridine rings is 1. The number of rotatable bonds is 9. The molecule has 0 spiro atoms. The Morgan fingerprint density at radius 2 is 1.85 bits per heavy atom. The van der Waals surface area contributed by atoms with Crippen LogP contribution in [-0.2, 0) is 16.0 Å². The van der Waals surface area contributed by atoms with Crippen molar-refractivity contribution in [3.05, 3.63) is 76.9 Å². The number of esters is 1. The maximum absolute atomic E-state index is 14.8. The molecule has 1 saturated carbocycles. The van der Waals surface area contributed by atoms with Gasteiger partial charge in [0.1, 0.15) is 22.7 Å². The van der Waals surface area contributed by atoms with Gasteiger partial charge in [0.25, 0.3) is 0 Å². The maximum atomic E-state index is 14.8. The van der Waals surface area contributed by atoms with E-state index in [0.29, 0.717) is 17.0 Å². The first-order chi connectivity index (χ1) is 19.0. The van der Waals surface area contributed by atoms with E-state index < -0.39 is 30.6 Å². The minimum atomic E-state index is -3.15. The number of halogens is 3. The molecule has 0 amide bonds. The van der Waals surface area contributed by atoms with E-state index in [9.17, 15) is 18.0 Å². The molecule has 0 radical (unpaired) electrons. The smallest absolute Gasteiger partial charge is 0.388 e. The van der Waals surface area contributed by atoms with Gasteiger partial charge in [0.05, 0.1) is 11.9 Å². The van der Waals surface area contributed by atoms with Gasteiger partial charge < -0.3 is 14.2 Å². The third kappa shape index (κ3) is 6.21. The Bertz CT molecular complexity index is 1540. The molecule has 1 aliphatic rings. The molecule has 2 aromatic carbocycles. The van der Waals surface area contributed by atoms with E-state index in [0.717, 1.165) is 17.3 Å². The molecule has 10 heteroatoms. The molecule has 2 aromatic heterocycles. The number of aromatic nitrogens is 3. The van der Waals surface area contributed by atoms with Gasteiger partial charge in [-0.15, -0.1) is 0 Å². The first-order valence-corrected chi connectivity index (χ1v) is 13.0. The summed E-state index contributed by atoms with van der Waals surface area (Å²) < 4.78 is 59.1. The van der Waals surface area contributed by atoms with E-state index in [1.54, 1.807) is 27.7 Å². The van der Waals surface area contributed by atoms with Crippen molar-refractivity contribution in [1.29, 1.82) is 0 Å². The van der Waals surface area contributed by atoms with Crippen LogP contribution in [0.25, 0.3) is 16.6 Å². The summed E-state index contributed by atoms with van der Waals surface area (Å²) >= 11 is 0. The van der Waals surface area contributed by atoms with Crippen molar-refractivity contribution in [2.24, 2.45) is 0 Å². The zero-order valence-corrected chi connectivity index (χ0v) is 22.7. The number of benzene rings is 2. The highest BCUT2D eigenvalue weighted by Crippen LogP contribution is 2.40. The SMILES string of the molecule is Cc1c(Cc2ccc(-n3cc(C4CC4)cn3)cc2)c(OC(F)F)nc2c(F)ccc(OCC(=O)OC(C)(C)C)c12. The number of hydrogen-bond donors (Lipinski definition) is 0. The molecule has 0 aliphatic heterocycles. The third-order valence-corrected chi connectivity index (χ3v) is 6.59. The zero-order valence-electron chi connectivity index (χ0n) is 22.7. The van der Waals surface area contributed by atoms with Crippen LogP contribution in [0.3, 0.4) is 0 Å². The normalized spacial score (nSPS) is 13.6. The third-order valence-electron chi connectivity index (χ3n) is 6.59. The summed E-state index contributed by atoms with van der Waals surface area (Å²) in [6.07, 6.45) is 6.46. The van der Waals surface area contributed by atoms with E-state index >= 15 is 0 Å². The molecular formula is C30H30F3N3O4. The summed E-state index contributed by atoms with van der Waals surface area (Å²) in [5.41, 5.74) is 2.78. The predicted octanol–water partition coefficient (Wildman–Crippen LogP) is 6.66. The molecule has 5 rings (SSSR count). The molecule has 0 N–H and O–H groups in total. The van der Waals surface area contributed by atoms with Gasteiger partial charge in [0.2, 0.25) is 5.88 Å². The minimum Gasteiger partial charge on any atom is -0.481 e. The van der Waals surface area contributed by atoms with Crippen molar-refractivity contribution in [2.45, 2.75) is 65.1 Å². The van der Waals surface area contributed by atoms with Crippen LogP contribution < -0.4 is 9.47 Å². The summed E-state index contributed by atoms with van der Waals surface area (Å²) in [5, 5.41) is 4.71. The first kappa shape index (κ1) is 27.5. The number of nitrogens with zero attached hydrogens (tertiary/aromatic N) is 3. The lowest BCUT2D eigenvalue weighted by Gasteiger charge is -2.20. The maximum Gasteiger partial charge on any atom is 0.388 e. The molecule has 0 unspecified atom stereocenters. The number of fused-ring (bicyclic) bond motifs is 1. The predicted molar refractivity (Wildman–Crippen MR) is 143 cm³/mol. The van der Waals surface area contributed by atoms with Crippen molar-refractivity contribution in [2.75, 3.05) is 6.61 Å². The average molecular weight is 554 g/mol. The van der Waals surface area contributed by atoms with E-state index in [1.165, 1.54) is 24.5 Å². The summed E-state index contributed by atoms with van der Waals surface area (Å²) in [6, 6.07) is 10.0. The van der Waals surface area contributed by atoms with Crippen molar-refractivity contribution >= 4 is 16.9 Å². The van der Waals surface area contributed by atoms with Crippen molar-refractivity contribution in [3.63, 3.8) is 0 Å². The molecule has 0 bridgehead atoms. The molecule has 0 atom stereocenters. The van der Waals surface area contributed by atoms with Gasteiger partial charge in [-0.3, -0.25) is 0 Å². The van der Waals surface area contributed by atoms with E-state index in [-0.39, 0.29) is 29.0 Å². The van der Waals surface area contributed by atoms with Gasteiger partial charge in [-0.25, -0.2) is 18.9 Å². The van der Waals surface area contributed by atoms with Gasteiger partial charge in [0.15, 0.2) is 6.61 Å². The second kappa shape index (κ2) is 10.8. The topological polar surface area (TPSA) is 75.5 Å². The van der Waals surface area contributed by atoms with Crippen LogP contribution in [0.2, 0.25) is 0 Å². The standard InChI is InChI=1S/C30H30F3N3O4/c1-17-22(13-18-5-9-21(10-6-18)36-15-20(14-34-36)19-7-8-19)28(39-29(32)33)35-27-23(31)11-12-24(26(17)27)38-16-25(37)40-30(2,3)4/h5-6,9-12,14-15,19,29H,7-8,13,16H2,1-4H3. The molecule has 210 valence electrons. The molecule has 1 fully saturated rings. The van der Waals surface area contributed by atoms with Crippen LogP contribution in [0.4, 0.5) is 13.2 Å². The molecule has 2 heterocycles. The summed E-state index contributed by atoms with van der Waals surface area (Å²) in [5.74, 6) is -0.934. The van der Waals surface area contributed by atoms with Gasteiger partial charge >= 0.3 is 12.6 Å². The fourth-order valence-corrected chi connectivity index (χ4v) is 4.59. The largest absolute Gasteiger partial charge is 0.481 e. The van der Waals surface area contributed by atoms with Crippen molar-refractivity contribution < 1.29 is 32.2 Å². The lowest BCUT2D eigenvalue weighted by Crippen LogP contribution is -2.27. The van der Waals surface area contributed by atoms with Crippen LogP contribution in [0.1, 0.15) is 61.8 Å². The molecule has 0 saturated heterocycles. The average Bonchev–Trinajstić information content (AvgIpc) is 3.61. The Hall–Kier alpha value is -4.08. The van der Waals surface area contributed by atoms with E-state index in [4.69, 9.17) is 14.2 Å². The molecule has 40 heavy (non-hydrogen) atoms. The van der Waals surface area contributed by atoms with Gasteiger partial charge in [-0.05, 0) is 87.4 Å². The lowest BCUT2D eigenvalue weighted by molar-refractivity contribution is -0.157. The number of alkyl halides is 2. The van der Waals surface area contributed by atoms with Gasteiger partial charge in [-0.1, -0.05) is 12.1 Å². The molecular weight excluding hydrogens is 523 g/mol. The summed E-state index contributed by atoms with van der Waals surface area (Å²) in [6.45, 7) is 3.29. The highest BCUT2D eigenvalue weighted by Gasteiger charge is 2.25. The highest BCUT2D eigenvalue weighted by molar-refractivity contribution is 5.91. The number of carbonyl (C=O) groups is 1. The van der Waals surface area contributed by atoms with Crippen LogP contribution in [0.5, 0.6) is 11.6 Å². The van der Waals surface area contributed by atoms with E-state index in [2.05, 4.69) is 10.1 Å². The quantitative estimate of drug-likeness (QED) is 0.216. The summed E-state index contributed by atoms with van der Waals surface area (Å²) in [7, 11) is 0. The Kier molecular flexibility index (Phi) is 7.44. The Morgan fingerprint density at radius 3 is 2.50 bits per heavy atom. The second-order valence-electron chi connectivity index (χ2n) is 10.9. The fourth-order valence-electron chi connectivity index (χ4n) is 4.59. The molecule has 4 aromatic rings. The zero-order chi connectivity index (χ0) is 28.6. The molecule has 7 nitrogen and oxygen atoms in total. The summed E-state index contributed by atoms with van der Waals surface area (Å²) in [4.78, 5) is 16.3. The monoisotopic (exact) mass is 553 g/mol. The molecule has 1 aliphatic carbocycles. The first-order valence-electron chi connectivity index (χ1n) is 13.0. The van der Waals surface area contributed by atoms with E-state index in [1.807, 2.05) is 41.3 Å². The number of hydrogen-bond acceptors (Lipinski definition) is 6. The van der Waals surface area contributed by atoms with Crippen LogP contribution >= 0.6 is 0 Å². The minimum absolute atomic E-state index is 0.178. The second-order valence-corrected chi connectivity index (χ2v) is 10.9. The van der Waals surface area contributed by atoms with Crippen LogP contribution in [-0.4, -0.2) is 39.6 Å². The number of carbonyl (C=O) groups excluding carboxylic acids is 1. The van der Waals surface area contributed by atoms with Crippen LogP contribution in [0.15, 0.2) is 48.8 Å². The van der Waals surface area contributed by atoms with Gasteiger partial charge in [0, 0.05) is 23.6 Å².